The Hall–Kier alpha value is -1.09. The highest BCUT2D eigenvalue weighted by atomic mass is 35.5. The summed E-state index contributed by atoms with van der Waals surface area (Å²) in [7, 11) is 1.30. The van der Waals surface area contributed by atoms with Crippen LogP contribution in [0, 0.1) is 0 Å². The lowest BCUT2D eigenvalue weighted by atomic mass is 10.0. The van der Waals surface area contributed by atoms with Gasteiger partial charge in [0.1, 0.15) is 5.15 Å². The Balaban J connectivity index is 0.000000202. The largest absolute Gasteiger partial charge is 0.465 e. The quantitative estimate of drug-likeness (QED) is 0.565. The zero-order chi connectivity index (χ0) is 12.5. The van der Waals surface area contributed by atoms with E-state index in [1.54, 1.807) is 12.1 Å². The van der Waals surface area contributed by atoms with Gasteiger partial charge in [0.15, 0.2) is 0 Å². The fourth-order valence-electron chi connectivity index (χ4n) is 1.71. The van der Waals surface area contributed by atoms with E-state index in [-0.39, 0.29) is 10.7 Å². The van der Waals surface area contributed by atoms with Crippen LogP contribution in [-0.2, 0) is 4.74 Å². The molecule has 17 heavy (non-hydrogen) atoms. The van der Waals surface area contributed by atoms with Gasteiger partial charge in [-0.2, -0.15) is 0 Å². The van der Waals surface area contributed by atoms with Gasteiger partial charge in [-0.15, -0.1) is 0 Å². The molecule has 94 valence electrons. The second-order valence-corrected chi connectivity index (χ2v) is 4.31. The zero-order valence-corrected chi connectivity index (χ0v) is 10.9. The molecule has 1 heterocycles. The fraction of sp³-hybridized carbons (Fsp3) is 0.538. The molecule has 0 N–H and O–H groups in total. The number of esters is 1. The molecule has 0 amide bonds. The first-order valence-corrected chi connectivity index (χ1v) is 6.32. The van der Waals surface area contributed by atoms with Crippen molar-refractivity contribution in [3.05, 3.63) is 29.0 Å². The van der Waals surface area contributed by atoms with Gasteiger partial charge in [0.25, 0.3) is 0 Å². The smallest absolute Gasteiger partial charge is 0.341 e. The molecule has 0 radical (unpaired) electrons. The predicted octanol–water partition coefficient (Wildman–Crippen LogP) is 3.86. The third kappa shape index (κ3) is 5.18. The van der Waals surface area contributed by atoms with Crippen LogP contribution in [-0.4, -0.2) is 18.1 Å². The molecule has 0 aromatic carbocycles. The number of aromatic nitrogens is 1. The number of carbonyl (C=O) groups excluding carboxylic acids is 1. The van der Waals surface area contributed by atoms with Crippen LogP contribution in [0.25, 0.3) is 0 Å². The van der Waals surface area contributed by atoms with Crippen LogP contribution in [0.3, 0.4) is 0 Å². The molecule has 1 fully saturated rings. The minimum atomic E-state index is -0.469. The fourth-order valence-corrected chi connectivity index (χ4v) is 1.91. The minimum Gasteiger partial charge on any atom is -0.465 e. The van der Waals surface area contributed by atoms with Crippen LogP contribution in [0.1, 0.15) is 48.9 Å². The number of halogens is 1. The highest BCUT2D eigenvalue weighted by molar-refractivity contribution is 6.32. The Morgan fingerprint density at radius 1 is 1.24 bits per heavy atom. The van der Waals surface area contributed by atoms with Crippen molar-refractivity contribution in [2.24, 2.45) is 0 Å². The van der Waals surface area contributed by atoms with E-state index in [1.807, 2.05) is 0 Å². The van der Waals surface area contributed by atoms with Gasteiger partial charge in [0.05, 0.1) is 12.7 Å². The van der Waals surface area contributed by atoms with Crippen molar-refractivity contribution >= 4 is 17.6 Å². The number of rotatable bonds is 1. The summed E-state index contributed by atoms with van der Waals surface area (Å²) in [6, 6.07) is 3.18. The van der Waals surface area contributed by atoms with Crippen molar-refractivity contribution in [1.29, 1.82) is 0 Å². The van der Waals surface area contributed by atoms with E-state index >= 15 is 0 Å². The molecule has 0 spiro atoms. The Morgan fingerprint density at radius 2 is 1.76 bits per heavy atom. The minimum absolute atomic E-state index is 0.166. The van der Waals surface area contributed by atoms with E-state index in [9.17, 15) is 4.79 Å². The van der Waals surface area contributed by atoms with E-state index in [1.165, 1.54) is 51.8 Å². The topological polar surface area (TPSA) is 39.2 Å². The molecule has 1 aliphatic carbocycles. The van der Waals surface area contributed by atoms with Crippen LogP contribution >= 0.6 is 11.6 Å². The van der Waals surface area contributed by atoms with Gasteiger partial charge in [0.2, 0.25) is 0 Å². The highest BCUT2D eigenvalue weighted by Gasteiger charge is 2.09. The molecule has 1 saturated carbocycles. The lowest BCUT2D eigenvalue weighted by Gasteiger charge is -2.05. The first-order valence-electron chi connectivity index (χ1n) is 5.94. The standard InChI is InChI=1S/C7H6ClNO2.C6H12/c1-11-7(10)5-3-2-4-9-6(5)8;1-2-4-6-5-3-1/h2-4H,1H3;1-6H2. The third-order valence-corrected chi connectivity index (χ3v) is 2.97. The molecule has 0 bridgehead atoms. The average molecular weight is 256 g/mol. The van der Waals surface area contributed by atoms with E-state index in [0.717, 1.165) is 0 Å². The number of hydrogen-bond acceptors (Lipinski definition) is 3. The van der Waals surface area contributed by atoms with Gasteiger partial charge in [-0.1, -0.05) is 50.1 Å². The molecule has 4 heteroatoms. The van der Waals surface area contributed by atoms with Gasteiger partial charge in [0, 0.05) is 6.20 Å². The molecular formula is C13H18ClNO2. The summed E-state index contributed by atoms with van der Waals surface area (Å²) in [4.78, 5) is 14.6. The van der Waals surface area contributed by atoms with Crippen molar-refractivity contribution in [2.45, 2.75) is 38.5 Å². The Kier molecular flexibility index (Phi) is 6.63. The lowest BCUT2D eigenvalue weighted by molar-refractivity contribution is 0.0600. The van der Waals surface area contributed by atoms with Gasteiger partial charge in [-0.3, -0.25) is 0 Å². The second-order valence-electron chi connectivity index (χ2n) is 3.95. The summed E-state index contributed by atoms with van der Waals surface area (Å²) < 4.78 is 4.45. The summed E-state index contributed by atoms with van der Waals surface area (Å²) in [6.45, 7) is 0. The SMILES string of the molecule is C1CCCCC1.COC(=O)c1cccnc1Cl. The second kappa shape index (κ2) is 8.07. The van der Waals surface area contributed by atoms with Gasteiger partial charge < -0.3 is 4.74 Å². The molecular weight excluding hydrogens is 238 g/mol. The Bertz CT molecular complexity index is 340. The monoisotopic (exact) mass is 255 g/mol. The number of nitrogens with zero attached hydrogens (tertiary/aromatic N) is 1. The maximum atomic E-state index is 10.9. The normalized spacial score (nSPS) is 14.5. The number of hydrogen-bond donors (Lipinski definition) is 0. The number of ether oxygens (including phenoxy) is 1. The van der Waals surface area contributed by atoms with Crippen molar-refractivity contribution < 1.29 is 9.53 Å². The van der Waals surface area contributed by atoms with E-state index < -0.39 is 5.97 Å². The first-order chi connectivity index (χ1) is 8.25. The van der Waals surface area contributed by atoms with Crippen LogP contribution in [0.5, 0.6) is 0 Å². The molecule has 1 aliphatic rings. The van der Waals surface area contributed by atoms with E-state index in [4.69, 9.17) is 11.6 Å². The first kappa shape index (κ1) is 14.0. The van der Waals surface area contributed by atoms with Crippen molar-refractivity contribution in [1.82, 2.24) is 4.98 Å². The van der Waals surface area contributed by atoms with Crippen LogP contribution in [0.4, 0.5) is 0 Å². The van der Waals surface area contributed by atoms with Crippen molar-refractivity contribution in [3.8, 4) is 0 Å². The summed E-state index contributed by atoms with van der Waals surface area (Å²) >= 11 is 5.59. The van der Waals surface area contributed by atoms with Crippen molar-refractivity contribution in [3.63, 3.8) is 0 Å². The van der Waals surface area contributed by atoms with Crippen LogP contribution in [0.2, 0.25) is 5.15 Å². The highest BCUT2D eigenvalue weighted by Crippen LogP contribution is 2.15. The summed E-state index contributed by atoms with van der Waals surface area (Å²) in [5.74, 6) is -0.469. The van der Waals surface area contributed by atoms with Crippen molar-refractivity contribution in [2.75, 3.05) is 7.11 Å². The Morgan fingerprint density at radius 3 is 2.18 bits per heavy atom. The average Bonchev–Trinajstić information content (AvgIpc) is 2.41. The summed E-state index contributed by atoms with van der Waals surface area (Å²) in [6.07, 6.45) is 10.5. The number of methoxy groups -OCH3 is 1. The van der Waals surface area contributed by atoms with Crippen LogP contribution in [0.15, 0.2) is 18.3 Å². The lowest BCUT2D eigenvalue weighted by Crippen LogP contribution is -2.02. The molecule has 0 atom stereocenters. The molecule has 0 saturated heterocycles. The van der Waals surface area contributed by atoms with E-state index in [2.05, 4.69) is 9.72 Å². The maximum absolute atomic E-state index is 10.9. The predicted molar refractivity (Wildman–Crippen MR) is 68.3 cm³/mol. The molecule has 1 aromatic rings. The number of pyridine rings is 1. The third-order valence-electron chi connectivity index (χ3n) is 2.66. The van der Waals surface area contributed by atoms with Gasteiger partial charge in [-0.05, 0) is 12.1 Å². The Labute approximate surface area is 107 Å². The summed E-state index contributed by atoms with van der Waals surface area (Å²) in [5, 5.41) is 0.166. The molecule has 2 rings (SSSR count). The van der Waals surface area contributed by atoms with Gasteiger partial charge in [-0.25, -0.2) is 9.78 Å². The van der Waals surface area contributed by atoms with Gasteiger partial charge >= 0.3 is 5.97 Å². The van der Waals surface area contributed by atoms with Crippen LogP contribution < -0.4 is 0 Å². The molecule has 3 nitrogen and oxygen atoms in total. The molecule has 0 unspecified atom stereocenters. The molecule has 1 aromatic heterocycles. The van der Waals surface area contributed by atoms with E-state index in [0.29, 0.717) is 0 Å². The number of carbonyl (C=O) groups is 1. The summed E-state index contributed by atoms with van der Waals surface area (Å²) in [5.41, 5.74) is 0.289. The maximum Gasteiger partial charge on any atom is 0.341 e. The molecule has 0 aliphatic heterocycles. The zero-order valence-electron chi connectivity index (χ0n) is 10.1.